The van der Waals surface area contributed by atoms with Crippen molar-refractivity contribution < 1.29 is 4.74 Å². The van der Waals surface area contributed by atoms with Crippen LogP contribution in [0.1, 0.15) is 33.1 Å². The Morgan fingerprint density at radius 3 is 2.61 bits per heavy atom. The van der Waals surface area contributed by atoms with Gasteiger partial charge in [-0.2, -0.15) is 0 Å². The van der Waals surface area contributed by atoms with Crippen LogP contribution in [0.4, 0.5) is 0 Å². The number of nitrogens with one attached hydrogen (secondary N) is 1. The van der Waals surface area contributed by atoms with Gasteiger partial charge >= 0.3 is 0 Å². The predicted octanol–water partition coefficient (Wildman–Crippen LogP) is 1.98. The molecule has 106 valence electrons. The molecule has 2 saturated heterocycles. The van der Waals surface area contributed by atoms with Gasteiger partial charge in [0, 0.05) is 26.2 Å². The van der Waals surface area contributed by atoms with Crippen molar-refractivity contribution in [1.29, 1.82) is 0 Å². The maximum atomic E-state index is 5.39. The molecule has 0 aromatic rings. The van der Waals surface area contributed by atoms with E-state index in [1.807, 2.05) is 0 Å². The fraction of sp³-hybridized carbons (Fsp3) is 1.00. The Hall–Kier alpha value is -0.120. The highest BCUT2D eigenvalue weighted by Gasteiger charge is 2.21. The average molecular weight is 254 g/mol. The quantitative estimate of drug-likeness (QED) is 0.734. The van der Waals surface area contributed by atoms with Crippen LogP contribution in [-0.2, 0) is 4.74 Å². The van der Waals surface area contributed by atoms with Crippen molar-refractivity contribution in [1.82, 2.24) is 10.2 Å². The third-order valence-corrected chi connectivity index (χ3v) is 4.64. The van der Waals surface area contributed by atoms with Crippen molar-refractivity contribution in [2.45, 2.75) is 33.1 Å². The molecule has 2 aliphatic heterocycles. The Bertz CT molecular complexity index is 219. The van der Waals surface area contributed by atoms with Crippen LogP contribution in [0.2, 0.25) is 0 Å². The summed E-state index contributed by atoms with van der Waals surface area (Å²) in [5, 5.41) is 3.59. The van der Waals surface area contributed by atoms with Gasteiger partial charge in [0.25, 0.3) is 0 Å². The number of hydrogen-bond acceptors (Lipinski definition) is 3. The van der Waals surface area contributed by atoms with E-state index in [0.717, 1.165) is 44.1 Å². The number of hydrogen-bond donors (Lipinski definition) is 1. The summed E-state index contributed by atoms with van der Waals surface area (Å²) in [7, 11) is 0. The van der Waals surface area contributed by atoms with E-state index in [2.05, 4.69) is 24.1 Å². The summed E-state index contributed by atoms with van der Waals surface area (Å²) in [6.45, 7) is 12.8. The Labute approximate surface area is 112 Å². The van der Waals surface area contributed by atoms with Crippen molar-refractivity contribution in [3.8, 4) is 0 Å². The lowest BCUT2D eigenvalue weighted by atomic mass is 9.87. The summed E-state index contributed by atoms with van der Waals surface area (Å²) < 4.78 is 5.39. The summed E-state index contributed by atoms with van der Waals surface area (Å²) in [6, 6.07) is 0. The van der Waals surface area contributed by atoms with Gasteiger partial charge in [-0.25, -0.2) is 0 Å². The standard InChI is InChI=1S/C15H30N2O/c1-13(2)15-3-7-17(8-4-15)9-6-16-11-14-5-10-18-12-14/h13-16H,3-12H2,1-2H3. The zero-order valence-electron chi connectivity index (χ0n) is 12.2. The molecule has 0 aromatic heterocycles. The predicted molar refractivity (Wildman–Crippen MR) is 75.8 cm³/mol. The lowest BCUT2D eigenvalue weighted by Crippen LogP contribution is -2.40. The number of nitrogens with zero attached hydrogens (tertiary/aromatic N) is 1. The van der Waals surface area contributed by atoms with Crippen LogP contribution in [0.25, 0.3) is 0 Å². The normalized spacial score (nSPS) is 27.2. The monoisotopic (exact) mass is 254 g/mol. The van der Waals surface area contributed by atoms with Gasteiger partial charge in [0.2, 0.25) is 0 Å². The summed E-state index contributed by atoms with van der Waals surface area (Å²) >= 11 is 0. The van der Waals surface area contributed by atoms with Crippen molar-refractivity contribution >= 4 is 0 Å². The largest absolute Gasteiger partial charge is 0.381 e. The molecule has 2 heterocycles. The third kappa shape index (κ3) is 4.52. The molecule has 1 N–H and O–H groups in total. The average Bonchev–Trinajstić information content (AvgIpc) is 2.88. The van der Waals surface area contributed by atoms with E-state index < -0.39 is 0 Å². The SMILES string of the molecule is CC(C)C1CCN(CCNCC2CCOC2)CC1. The highest BCUT2D eigenvalue weighted by molar-refractivity contribution is 4.75. The first-order valence-corrected chi connectivity index (χ1v) is 7.76. The van der Waals surface area contributed by atoms with Gasteiger partial charge in [0.15, 0.2) is 0 Å². The van der Waals surface area contributed by atoms with Gasteiger partial charge in [-0.05, 0) is 50.1 Å². The molecule has 2 rings (SSSR count). The second-order valence-electron chi connectivity index (χ2n) is 6.36. The summed E-state index contributed by atoms with van der Waals surface area (Å²) in [6.07, 6.45) is 4.04. The number of likely N-dealkylation sites (tertiary alicyclic amines) is 1. The Morgan fingerprint density at radius 1 is 1.22 bits per heavy atom. The van der Waals surface area contributed by atoms with Crippen LogP contribution in [0, 0.1) is 17.8 Å². The lowest BCUT2D eigenvalue weighted by molar-refractivity contribution is 0.157. The van der Waals surface area contributed by atoms with Crippen LogP contribution < -0.4 is 5.32 Å². The molecule has 3 heteroatoms. The molecule has 0 amide bonds. The summed E-state index contributed by atoms with van der Waals surface area (Å²) in [5.41, 5.74) is 0. The molecular formula is C15H30N2O. The first-order valence-electron chi connectivity index (χ1n) is 7.76. The number of piperidine rings is 1. The molecule has 3 nitrogen and oxygen atoms in total. The number of ether oxygens (including phenoxy) is 1. The molecule has 2 aliphatic rings. The highest BCUT2D eigenvalue weighted by Crippen LogP contribution is 2.23. The Morgan fingerprint density at radius 2 is 2.00 bits per heavy atom. The van der Waals surface area contributed by atoms with E-state index in [1.165, 1.54) is 38.9 Å². The van der Waals surface area contributed by atoms with Crippen LogP contribution in [0.5, 0.6) is 0 Å². The molecule has 0 aromatic carbocycles. The van der Waals surface area contributed by atoms with E-state index in [0.29, 0.717) is 0 Å². The van der Waals surface area contributed by atoms with E-state index in [9.17, 15) is 0 Å². The second kappa shape index (κ2) is 7.46. The van der Waals surface area contributed by atoms with E-state index in [1.54, 1.807) is 0 Å². The third-order valence-electron chi connectivity index (χ3n) is 4.64. The van der Waals surface area contributed by atoms with E-state index in [-0.39, 0.29) is 0 Å². The minimum absolute atomic E-state index is 0.761. The highest BCUT2D eigenvalue weighted by atomic mass is 16.5. The topological polar surface area (TPSA) is 24.5 Å². The first-order chi connectivity index (χ1) is 8.75. The fourth-order valence-corrected chi connectivity index (χ4v) is 3.13. The maximum absolute atomic E-state index is 5.39. The zero-order valence-corrected chi connectivity index (χ0v) is 12.2. The summed E-state index contributed by atoms with van der Waals surface area (Å²) in [4.78, 5) is 2.62. The van der Waals surface area contributed by atoms with Crippen LogP contribution in [0.15, 0.2) is 0 Å². The molecule has 2 fully saturated rings. The molecule has 0 radical (unpaired) electrons. The van der Waals surface area contributed by atoms with Gasteiger partial charge in [-0.1, -0.05) is 13.8 Å². The number of rotatable bonds is 6. The van der Waals surface area contributed by atoms with Crippen LogP contribution >= 0.6 is 0 Å². The minimum atomic E-state index is 0.761. The van der Waals surface area contributed by atoms with Crippen molar-refractivity contribution in [3.63, 3.8) is 0 Å². The van der Waals surface area contributed by atoms with Crippen molar-refractivity contribution in [2.75, 3.05) is 45.9 Å². The molecule has 1 atom stereocenters. The Kier molecular flexibility index (Phi) is 5.93. The van der Waals surface area contributed by atoms with Gasteiger partial charge in [-0.15, -0.1) is 0 Å². The minimum Gasteiger partial charge on any atom is -0.381 e. The van der Waals surface area contributed by atoms with Gasteiger partial charge in [-0.3, -0.25) is 0 Å². The van der Waals surface area contributed by atoms with E-state index >= 15 is 0 Å². The maximum Gasteiger partial charge on any atom is 0.0507 e. The molecule has 0 saturated carbocycles. The van der Waals surface area contributed by atoms with Crippen molar-refractivity contribution in [3.05, 3.63) is 0 Å². The zero-order chi connectivity index (χ0) is 12.8. The van der Waals surface area contributed by atoms with Crippen LogP contribution in [0.3, 0.4) is 0 Å². The van der Waals surface area contributed by atoms with Gasteiger partial charge in [0.05, 0.1) is 6.61 Å². The van der Waals surface area contributed by atoms with Crippen LogP contribution in [-0.4, -0.2) is 50.8 Å². The first kappa shape index (κ1) is 14.3. The molecule has 0 spiro atoms. The molecular weight excluding hydrogens is 224 g/mol. The Balaban J connectivity index is 1.50. The molecule has 1 unspecified atom stereocenters. The molecule has 18 heavy (non-hydrogen) atoms. The molecule has 0 aliphatic carbocycles. The summed E-state index contributed by atoms with van der Waals surface area (Å²) in [5.74, 6) is 2.59. The molecule has 0 bridgehead atoms. The van der Waals surface area contributed by atoms with Gasteiger partial charge < -0.3 is 15.0 Å². The van der Waals surface area contributed by atoms with Crippen molar-refractivity contribution in [2.24, 2.45) is 17.8 Å². The smallest absolute Gasteiger partial charge is 0.0507 e. The lowest BCUT2D eigenvalue weighted by Gasteiger charge is -2.33. The fourth-order valence-electron chi connectivity index (χ4n) is 3.13. The van der Waals surface area contributed by atoms with Gasteiger partial charge in [0.1, 0.15) is 0 Å². The van der Waals surface area contributed by atoms with E-state index in [4.69, 9.17) is 4.74 Å². The second-order valence-corrected chi connectivity index (χ2v) is 6.36.